The van der Waals surface area contributed by atoms with Gasteiger partial charge in [-0.3, -0.25) is 0 Å². The Balaban J connectivity index is 2.15. The summed E-state index contributed by atoms with van der Waals surface area (Å²) in [5.41, 5.74) is 1.41. The molecule has 0 aromatic carbocycles. The summed E-state index contributed by atoms with van der Waals surface area (Å²) < 4.78 is 0. The number of nitrogens with one attached hydrogen (secondary N) is 1. The van der Waals surface area contributed by atoms with Gasteiger partial charge in [0.05, 0.1) is 5.69 Å². The summed E-state index contributed by atoms with van der Waals surface area (Å²) in [6, 6.07) is 0.611. The monoisotopic (exact) mass is 309 g/mol. The number of thiazole rings is 1. The molecule has 1 aliphatic rings. The predicted octanol–water partition coefficient (Wildman–Crippen LogP) is 4.39. The lowest BCUT2D eigenvalue weighted by atomic mass is 10.1. The van der Waals surface area contributed by atoms with Gasteiger partial charge in [0.25, 0.3) is 0 Å². The highest BCUT2D eigenvalue weighted by molar-refractivity contribution is 7.15. The summed E-state index contributed by atoms with van der Waals surface area (Å²) in [4.78, 5) is 8.72. The first kappa shape index (κ1) is 16.8. The van der Waals surface area contributed by atoms with Crippen molar-refractivity contribution in [1.29, 1.82) is 0 Å². The van der Waals surface area contributed by atoms with Gasteiger partial charge in [0.2, 0.25) is 0 Å². The smallest absolute Gasteiger partial charge is 0.185 e. The lowest BCUT2D eigenvalue weighted by molar-refractivity contribution is 0.425. The zero-order valence-corrected chi connectivity index (χ0v) is 15.5. The maximum Gasteiger partial charge on any atom is 0.185 e. The minimum atomic E-state index is 0.144. The molecule has 4 heteroatoms. The minimum Gasteiger partial charge on any atom is -0.348 e. The second kappa shape index (κ2) is 6.25. The van der Waals surface area contributed by atoms with Crippen LogP contribution in [0.5, 0.6) is 0 Å². The first-order valence-corrected chi connectivity index (χ1v) is 8.98. The van der Waals surface area contributed by atoms with Crippen molar-refractivity contribution in [3.8, 4) is 0 Å². The van der Waals surface area contributed by atoms with Crippen molar-refractivity contribution >= 4 is 16.5 Å². The molecule has 0 amide bonds. The predicted molar refractivity (Wildman–Crippen MR) is 93.4 cm³/mol. The van der Waals surface area contributed by atoms with Gasteiger partial charge in [-0.05, 0) is 52.4 Å². The van der Waals surface area contributed by atoms with Crippen molar-refractivity contribution in [2.75, 3.05) is 11.9 Å². The van der Waals surface area contributed by atoms with Crippen LogP contribution in [0.1, 0.15) is 70.9 Å². The van der Waals surface area contributed by atoms with E-state index in [0.29, 0.717) is 12.0 Å². The van der Waals surface area contributed by atoms with E-state index in [1.54, 1.807) is 0 Å². The largest absolute Gasteiger partial charge is 0.348 e. The van der Waals surface area contributed by atoms with Crippen molar-refractivity contribution in [2.24, 2.45) is 5.92 Å². The molecule has 1 aromatic heterocycles. The minimum absolute atomic E-state index is 0.144. The lowest BCUT2D eigenvalue weighted by Gasteiger charge is -2.24. The van der Waals surface area contributed by atoms with Crippen LogP contribution in [0, 0.1) is 5.92 Å². The molecule has 1 aliphatic carbocycles. The third-order valence-corrected chi connectivity index (χ3v) is 5.42. The molecule has 1 fully saturated rings. The van der Waals surface area contributed by atoms with E-state index >= 15 is 0 Å². The van der Waals surface area contributed by atoms with E-state index in [0.717, 1.165) is 12.5 Å². The third-order valence-electron chi connectivity index (χ3n) is 4.26. The summed E-state index contributed by atoms with van der Waals surface area (Å²) >= 11 is 1.86. The van der Waals surface area contributed by atoms with Crippen molar-refractivity contribution < 1.29 is 0 Å². The molecule has 120 valence electrons. The normalized spacial score (nSPS) is 17.3. The average Bonchev–Trinajstić information content (AvgIpc) is 3.13. The summed E-state index contributed by atoms with van der Waals surface area (Å²) in [6.07, 6.45) is 2.76. The number of anilines is 1. The van der Waals surface area contributed by atoms with Crippen molar-refractivity contribution in [3.05, 3.63) is 10.6 Å². The first-order chi connectivity index (χ1) is 9.69. The van der Waals surface area contributed by atoms with E-state index in [1.165, 1.54) is 28.5 Å². The van der Waals surface area contributed by atoms with E-state index in [9.17, 15) is 0 Å². The molecule has 1 unspecified atom stereocenters. The van der Waals surface area contributed by atoms with E-state index in [1.807, 2.05) is 11.3 Å². The quantitative estimate of drug-likeness (QED) is 0.844. The number of aromatic nitrogens is 1. The first-order valence-electron chi connectivity index (χ1n) is 8.16. The molecule has 0 saturated heterocycles. The van der Waals surface area contributed by atoms with Gasteiger partial charge >= 0.3 is 0 Å². The molecule has 0 bridgehead atoms. The van der Waals surface area contributed by atoms with Gasteiger partial charge in [-0.25, -0.2) is 4.98 Å². The number of hydrogen-bond acceptors (Lipinski definition) is 4. The molecule has 0 radical (unpaired) electrons. The molecule has 1 N–H and O–H groups in total. The van der Waals surface area contributed by atoms with E-state index in [4.69, 9.17) is 4.98 Å². The Morgan fingerprint density at radius 2 is 1.90 bits per heavy atom. The Bertz CT molecular complexity index is 469. The average molecular weight is 310 g/mol. The Morgan fingerprint density at radius 1 is 1.29 bits per heavy atom. The van der Waals surface area contributed by atoms with Gasteiger partial charge in [-0.2, -0.15) is 0 Å². The molecular weight excluding hydrogens is 278 g/mol. The summed E-state index contributed by atoms with van der Waals surface area (Å²) in [7, 11) is 2.20. The molecule has 1 atom stereocenters. The highest BCUT2D eigenvalue weighted by Gasteiger charge is 2.32. The van der Waals surface area contributed by atoms with Crippen molar-refractivity contribution in [1.82, 2.24) is 10.3 Å². The summed E-state index contributed by atoms with van der Waals surface area (Å²) in [6.45, 7) is 14.4. The Kier molecular flexibility index (Phi) is 4.99. The van der Waals surface area contributed by atoms with Crippen LogP contribution in [0.3, 0.4) is 0 Å². The fourth-order valence-electron chi connectivity index (χ4n) is 2.49. The maximum absolute atomic E-state index is 4.95. The van der Waals surface area contributed by atoms with Crippen LogP contribution in [0.25, 0.3) is 0 Å². The molecule has 21 heavy (non-hydrogen) atoms. The zero-order chi connectivity index (χ0) is 15.8. The molecule has 1 saturated carbocycles. The SMILES string of the molecule is CC(C)c1nc(N(C)C(C)C2CC2)sc1CNC(C)(C)C. The van der Waals surface area contributed by atoms with E-state index in [2.05, 4.69) is 58.8 Å². The van der Waals surface area contributed by atoms with Gasteiger partial charge in [0.15, 0.2) is 5.13 Å². The van der Waals surface area contributed by atoms with Gasteiger partial charge in [0.1, 0.15) is 0 Å². The van der Waals surface area contributed by atoms with E-state index in [-0.39, 0.29) is 5.54 Å². The van der Waals surface area contributed by atoms with Gasteiger partial charge in [-0.1, -0.05) is 13.8 Å². The van der Waals surface area contributed by atoms with Crippen molar-refractivity contribution in [2.45, 2.75) is 78.4 Å². The lowest BCUT2D eigenvalue weighted by Crippen LogP contribution is -2.35. The van der Waals surface area contributed by atoms with Crippen LogP contribution in [0.15, 0.2) is 0 Å². The van der Waals surface area contributed by atoms with Crippen LogP contribution in [0.4, 0.5) is 5.13 Å². The Hall–Kier alpha value is -0.610. The molecule has 1 heterocycles. The van der Waals surface area contributed by atoms with Crippen LogP contribution in [-0.2, 0) is 6.54 Å². The summed E-state index contributed by atoms with van der Waals surface area (Å²) in [5.74, 6) is 1.36. The molecule has 0 spiro atoms. The number of hydrogen-bond donors (Lipinski definition) is 1. The number of rotatable bonds is 6. The standard InChI is InChI=1S/C17H31N3S/c1-11(2)15-14(10-18-17(4,5)6)21-16(19-15)20(7)12(3)13-8-9-13/h11-13,18H,8-10H2,1-7H3. The van der Waals surface area contributed by atoms with E-state index < -0.39 is 0 Å². The van der Waals surface area contributed by atoms with Gasteiger partial charge in [-0.15, -0.1) is 11.3 Å². The van der Waals surface area contributed by atoms with Crippen LogP contribution < -0.4 is 10.2 Å². The van der Waals surface area contributed by atoms with Crippen LogP contribution in [0.2, 0.25) is 0 Å². The second-order valence-corrected chi connectivity index (χ2v) is 8.81. The zero-order valence-electron chi connectivity index (χ0n) is 14.7. The fraction of sp³-hybridized carbons (Fsp3) is 0.824. The Morgan fingerprint density at radius 3 is 2.38 bits per heavy atom. The highest BCUT2D eigenvalue weighted by atomic mass is 32.1. The van der Waals surface area contributed by atoms with Crippen LogP contribution >= 0.6 is 11.3 Å². The molecule has 1 aromatic rings. The fourth-order valence-corrected chi connectivity index (χ4v) is 3.70. The summed E-state index contributed by atoms with van der Waals surface area (Å²) in [5, 5.41) is 4.79. The molecular formula is C17H31N3S. The topological polar surface area (TPSA) is 28.2 Å². The van der Waals surface area contributed by atoms with Gasteiger partial charge in [0, 0.05) is 30.1 Å². The van der Waals surface area contributed by atoms with Crippen molar-refractivity contribution in [3.63, 3.8) is 0 Å². The van der Waals surface area contributed by atoms with Gasteiger partial charge < -0.3 is 10.2 Å². The molecule has 0 aliphatic heterocycles. The second-order valence-electron chi connectivity index (χ2n) is 7.75. The van der Waals surface area contributed by atoms with Crippen LogP contribution in [-0.4, -0.2) is 23.6 Å². The maximum atomic E-state index is 4.95. The highest BCUT2D eigenvalue weighted by Crippen LogP contribution is 2.38. The number of nitrogens with zero attached hydrogens (tertiary/aromatic N) is 2. The Labute approximate surface area is 134 Å². The molecule has 3 nitrogen and oxygen atoms in total. The molecule has 2 rings (SSSR count). The third kappa shape index (κ3) is 4.43.